The van der Waals surface area contributed by atoms with Crippen molar-refractivity contribution in [2.45, 2.75) is 40.0 Å². The fraction of sp³-hybridized carbons (Fsp3) is 0.571. The van der Waals surface area contributed by atoms with Crippen LogP contribution < -0.4 is 9.64 Å². The molecule has 0 radical (unpaired) electrons. The van der Waals surface area contributed by atoms with Crippen molar-refractivity contribution in [1.82, 2.24) is 15.1 Å². The Morgan fingerprint density at radius 1 is 1.18 bits per heavy atom. The molecular formula is C21H30N4O3. The average molecular weight is 386 g/mol. The van der Waals surface area contributed by atoms with Crippen LogP contribution in [0.3, 0.4) is 0 Å². The van der Waals surface area contributed by atoms with E-state index in [4.69, 9.17) is 9.15 Å². The summed E-state index contributed by atoms with van der Waals surface area (Å²) >= 11 is 0. The third-order valence-electron chi connectivity index (χ3n) is 5.46. The van der Waals surface area contributed by atoms with Gasteiger partial charge in [0.1, 0.15) is 5.75 Å². The number of piperazine rings is 1. The molecule has 7 heteroatoms. The third-order valence-corrected chi connectivity index (χ3v) is 5.46. The Balaban J connectivity index is 1.62. The van der Waals surface area contributed by atoms with Gasteiger partial charge in [0.05, 0.1) is 7.11 Å². The summed E-state index contributed by atoms with van der Waals surface area (Å²) in [7, 11) is 1.68. The smallest absolute Gasteiger partial charge is 0.318 e. The Bertz CT molecular complexity index is 810. The molecule has 1 amide bonds. The summed E-state index contributed by atoms with van der Waals surface area (Å²) in [6.45, 7) is 10.9. The molecule has 0 N–H and O–H groups in total. The molecule has 3 rings (SSSR count). The number of hydrogen-bond acceptors (Lipinski definition) is 6. The number of anilines is 1. The van der Waals surface area contributed by atoms with Gasteiger partial charge < -0.3 is 19.0 Å². The summed E-state index contributed by atoms with van der Waals surface area (Å²) < 4.78 is 10.9. The van der Waals surface area contributed by atoms with E-state index >= 15 is 0 Å². The largest absolute Gasteiger partial charge is 0.496 e. The second-order valence-corrected chi connectivity index (χ2v) is 7.76. The van der Waals surface area contributed by atoms with Crippen LogP contribution >= 0.6 is 0 Å². The van der Waals surface area contributed by atoms with Crippen molar-refractivity contribution in [3.63, 3.8) is 0 Å². The van der Waals surface area contributed by atoms with Crippen LogP contribution in [0.4, 0.5) is 6.01 Å². The molecule has 2 heterocycles. The number of hydrogen-bond donors (Lipinski definition) is 0. The lowest BCUT2D eigenvalue weighted by molar-refractivity contribution is -0.132. The zero-order chi connectivity index (χ0) is 20.3. The van der Waals surface area contributed by atoms with Gasteiger partial charge in [0.2, 0.25) is 11.8 Å². The number of rotatable bonds is 6. The highest BCUT2D eigenvalue weighted by molar-refractivity contribution is 5.77. The Hall–Kier alpha value is -2.57. The van der Waals surface area contributed by atoms with Crippen LogP contribution in [0.25, 0.3) is 0 Å². The summed E-state index contributed by atoms with van der Waals surface area (Å²) in [6.07, 6.45) is 0.517. The fourth-order valence-corrected chi connectivity index (χ4v) is 3.75. The van der Waals surface area contributed by atoms with E-state index in [0.29, 0.717) is 50.4 Å². The van der Waals surface area contributed by atoms with E-state index in [9.17, 15) is 4.79 Å². The lowest BCUT2D eigenvalue weighted by Crippen LogP contribution is -2.49. The fourth-order valence-electron chi connectivity index (χ4n) is 3.75. The van der Waals surface area contributed by atoms with Gasteiger partial charge in [0, 0.05) is 39.5 Å². The zero-order valence-corrected chi connectivity index (χ0v) is 17.4. The maximum Gasteiger partial charge on any atom is 0.318 e. The molecule has 1 aromatic heterocycles. The first-order valence-corrected chi connectivity index (χ1v) is 9.86. The van der Waals surface area contributed by atoms with Crippen molar-refractivity contribution < 1.29 is 13.9 Å². The van der Waals surface area contributed by atoms with Gasteiger partial charge in [0.15, 0.2) is 0 Å². The molecule has 1 aliphatic rings. The maximum atomic E-state index is 13.0. The van der Waals surface area contributed by atoms with Gasteiger partial charge in [-0.25, -0.2) is 0 Å². The molecule has 1 unspecified atom stereocenters. The number of carbonyl (C=O) groups is 1. The minimum atomic E-state index is 0.189. The molecular weight excluding hydrogens is 356 g/mol. The molecule has 2 aromatic rings. The van der Waals surface area contributed by atoms with Crippen molar-refractivity contribution in [2.75, 3.05) is 38.2 Å². The predicted octanol–water partition coefficient (Wildman–Crippen LogP) is 3.17. The second-order valence-electron chi connectivity index (χ2n) is 7.76. The van der Waals surface area contributed by atoms with Crippen molar-refractivity contribution in [3.8, 4) is 5.75 Å². The van der Waals surface area contributed by atoms with Crippen LogP contribution in [0.5, 0.6) is 5.75 Å². The summed E-state index contributed by atoms with van der Waals surface area (Å²) in [5.74, 6) is 2.20. The highest BCUT2D eigenvalue weighted by atomic mass is 16.5. The van der Waals surface area contributed by atoms with Crippen LogP contribution in [0.15, 0.2) is 22.6 Å². The molecule has 1 saturated heterocycles. The van der Waals surface area contributed by atoms with E-state index in [1.165, 1.54) is 5.56 Å². The Kier molecular flexibility index (Phi) is 6.21. The number of ether oxygens (including phenoxy) is 1. The zero-order valence-electron chi connectivity index (χ0n) is 17.4. The van der Waals surface area contributed by atoms with Crippen molar-refractivity contribution >= 4 is 11.9 Å². The van der Waals surface area contributed by atoms with E-state index in [2.05, 4.69) is 36.2 Å². The quantitative estimate of drug-likeness (QED) is 0.759. The van der Waals surface area contributed by atoms with Crippen molar-refractivity contribution in [1.29, 1.82) is 0 Å². The standard InChI is InChI=1S/C21H30N4O3/c1-14(2)18(17-6-7-19(27-5)15(3)12-17)13-20(26)24-8-10-25(11-9-24)21-23-22-16(4)28-21/h6-7,12,14,18H,8-11,13H2,1-5H3. The van der Waals surface area contributed by atoms with Gasteiger partial charge in [-0.1, -0.05) is 31.1 Å². The molecule has 1 aliphatic heterocycles. The van der Waals surface area contributed by atoms with Crippen LogP contribution in [0, 0.1) is 19.8 Å². The molecule has 1 aromatic carbocycles. The van der Waals surface area contributed by atoms with Gasteiger partial charge in [-0.3, -0.25) is 4.79 Å². The topological polar surface area (TPSA) is 71.7 Å². The van der Waals surface area contributed by atoms with Gasteiger partial charge >= 0.3 is 6.01 Å². The molecule has 28 heavy (non-hydrogen) atoms. The van der Waals surface area contributed by atoms with Gasteiger partial charge in [-0.2, -0.15) is 0 Å². The first-order chi connectivity index (χ1) is 13.4. The third kappa shape index (κ3) is 4.46. The lowest BCUT2D eigenvalue weighted by atomic mass is 9.84. The molecule has 0 saturated carbocycles. The first kappa shape index (κ1) is 20.2. The number of nitrogens with zero attached hydrogens (tertiary/aromatic N) is 4. The normalized spacial score (nSPS) is 15.8. The summed E-state index contributed by atoms with van der Waals surface area (Å²) in [5, 5.41) is 7.95. The van der Waals surface area contributed by atoms with Gasteiger partial charge in [-0.15, -0.1) is 5.10 Å². The first-order valence-electron chi connectivity index (χ1n) is 9.86. The number of aromatic nitrogens is 2. The minimum Gasteiger partial charge on any atom is -0.496 e. The van der Waals surface area contributed by atoms with E-state index in [0.717, 1.165) is 11.3 Å². The lowest BCUT2D eigenvalue weighted by Gasteiger charge is -2.35. The van der Waals surface area contributed by atoms with Crippen molar-refractivity contribution in [2.24, 2.45) is 5.92 Å². The number of benzene rings is 1. The van der Waals surface area contributed by atoms with Crippen LogP contribution in [-0.2, 0) is 4.79 Å². The Morgan fingerprint density at radius 3 is 2.43 bits per heavy atom. The second kappa shape index (κ2) is 8.63. The maximum absolute atomic E-state index is 13.0. The number of aryl methyl sites for hydroxylation is 2. The van der Waals surface area contributed by atoms with E-state index in [-0.39, 0.29) is 11.8 Å². The Labute approximate surface area is 166 Å². The number of amides is 1. The molecule has 152 valence electrons. The summed E-state index contributed by atoms with van der Waals surface area (Å²) in [6, 6.07) is 6.76. The van der Waals surface area contributed by atoms with E-state index in [1.54, 1.807) is 14.0 Å². The average Bonchev–Trinajstić information content (AvgIpc) is 3.12. The summed E-state index contributed by atoms with van der Waals surface area (Å²) in [5.41, 5.74) is 2.29. The SMILES string of the molecule is COc1ccc(C(CC(=O)N2CCN(c3nnc(C)o3)CC2)C(C)C)cc1C. The molecule has 1 atom stereocenters. The van der Waals surface area contributed by atoms with Gasteiger partial charge in [0.25, 0.3) is 0 Å². The minimum absolute atomic E-state index is 0.189. The highest BCUT2D eigenvalue weighted by Crippen LogP contribution is 2.32. The van der Waals surface area contributed by atoms with Crippen LogP contribution in [0.2, 0.25) is 0 Å². The summed E-state index contributed by atoms with van der Waals surface area (Å²) in [4.78, 5) is 17.0. The highest BCUT2D eigenvalue weighted by Gasteiger charge is 2.27. The van der Waals surface area contributed by atoms with Crippen LogP contribution in [0.1, 0.15) is 43.2 Å². The molecule has 0 bridgehead atoms. The number of carbonyl (C=O) groups excluding carboxylic acids is 1. The Morgan fingerprint density at radius 2 is 1.89 bits per heavy atom. The number of methoxy groups -OCH3 is 1. The monoisotopic (exact) mass is 386 g/mol. The van der Waals surface area contributed by atoms with Crippen molar-refractivity contribution in [3.05, 3.63) is 35.2 Å². The molecule has 0 spiro atoms. The molecule has 7 nitrogen and oxygen atoms in total. The van der Waals surface area contributed by atoms with Gasteiger partial charge in [-0.05, 0) is 36.0 Å². The molecule has 1 fully saturated rings. The van der Waals surface area contributed by atoms with E-state index in [1.807, 2.05) is 22.8 Å². The van der Waals surface area contributed by atoms with E-state index < -0.39 is 0 Å². The predicted molar refractivity (Wildman–Crippen MR) is 108 cm³/mol. The molecule has 0 aliphatic carbocycles. The van der Waals surface area contributed by atoms with Crippen LogP contribution in [-0.4, -0.2) is 54.3 Å².